The predicted octanol–water partition coefficient (Wildman–Crippen LogP) is 3.02. The van der Waals surface area contributed by atoms with Crippen LogP contribution >= 0.6 is 11.6 Å². The number of halogens is 1. The van der Waals surface area contributed by atoms with Gasteiger partial charge in [0.2, 0.25) is 0 Å². The minimum Gasteiger partial charge on any atom is -0.465 e. The monoisotopic (exact) mass is 279 g/mol. The fraction of sp³-hybridized carbons (Fsp3) is 0.231. The highest BCUT2D eigenvalue weighted by Gasteiger charge is 2.13. The van der Waals surface area contributed by atoms with Gasteiger partial charge in [0, 0.05) is 11.9 Å². The van der Waals surface area contributed by atoms with Crippen LogP contribution in [-0.2, 0) is 4.74 Å². The van der Waals surface area contributed by atoms with Crippen molar-refractivity contribution in [3.8, 4) is 0 Å². The van der Waals surface area contributed by atoms with Crippen molar-refractivity contribution in [1.82, 2.24) is 10.2 Å². The van der Waals surface area contributed by atoms with E-state index in [1.54, 1.807) is 18.3 Å². The van der Waals surface area contributed by atoms with Crippen LogP contribution < -0.4 is 5.32 Å². The van der Waals surface area contributed by atoms with Crippen molar-refractivity contribution < 1.29 is 9.53 Å². The number of rotatable bonds is 4. The summed E-state index contributed by atoms with van der Waals surface area (Å²) in [6.07, 6.45) is 1.69. The molecular weight excluding hydrogens is 266 g/mol. The molecule has 19 heavy (non-hydrogen) atoms. The zero-order chi connectivity index (χ0) is 13.8. The number of hydrogen-bond acceptors (Lipinski definition) is 4. The molecule has 1 aromatic heterocycles. The van der Waals surface area contributed by atoms with E-state index >= 15 is 0 Å². The van der Waals surface area contributed by atoms with E-state index in [1.165, 1.54) is 7.11 Å². The third-order valence-corrected chi connectivity index (χ3v) is 3.07. The van der Waals surface area contributed by atoms with Crippen molar-refractivity contribution in [3.63, 3.8) is 0 Å². The summed E-state index contributed by atoms with van der Waals surface area (Å²) < 4.78 is 4.68. The lowest BCUT2D eigenvalue weighted by molar-refractivity contribution is 0.0601. The van der Waals surface area contributed by atoms with E-state index in [9.17, 15) is 4.79 Å². The molecule has 5 nitrogen and oxygen atoms in total. The number of anilines is 1. The molecule has 0 spiro atoms. The van der Waals surface area contributed by atoms with Crippen LogP contribution in [-0.4, -0.2) is 23.3 Å². The lowest BCUT2D eigenvalue weighted by Crippen LogP contribution is -2.09. The molecule has 0 aliphatic heterocycles. The first kappa shape index (κ1) is 13.4. The maximum Gasteiger partial charge on any atom is 0.339 e. The Balaban J connectivity index is 2.19. The molecule has 2 rings (SSSR count). The zero-order valence-corrected chi connectivity index (χ0v) is 11.4. The fourth-order valence-corrected chi connectivity index (χ4v) is 1.91. The number of nitrogens with one attached hydrogen (secondary N) is 2. The van der Waals surface area contributed by atoms with Crippen molar-refractivity contribution in [3.05, 3.63) is 46.7 Å². The summed E-state index contributed by atoms with van der Waals surface area (Å²) in [5, 5.41) is 10.4. The summed E-state index contributed by atoms with van der Waals surface area (Å²) in [6.45, 7) is 1.99. The van der Waals surface area contributed by atoms with E-state index in [1.807, 2.05) is 19.1 Å². The van der Waals surface area contributed by atoms with Crippen LogP contribution in [0.15, 0.2) is 30.5 Å². The van der Waals surface area contributed by atoms with Gasteiger partial charge in [-0.3, -0.25) is 5.10 Å². The average molecular weight is 280 g/mol. The van der Waals surface area contributed by atoms with Crippen LogP contribution in [0.1, 0.15) is 29.0 Å². The molecule has 1 aromatic carbocycles. The van der Waals surface area contributed by atoms with E-state index in [4.69, 9.17) is 11.6 Å². The van der Waals surface area contributed by atoms with Crippen LogP contribution in [0.3, 0.4) is 0 Å². The minimum atomic E-state index is -0.456. The number of ether oxygens (including phenoxy) is 1. The van der Waals surface area contributed by atoms with Crippen LogP contribution in [0.4, 0.5) is 5.69 Å². The number of hydrogen-bond donors (Lipinski definition) is 2. The Morgan fingerprint density at radius 3 is 2.89 bits per heavy atom. The second-order valence-corrected chi connectivity index (χ2v) is 4.47. The molecule has 0 aliphatic rings. The quantitative estimate of drug-likeness (QED) is 0.844. The van der Waals surface area contributed by atoms with Crippen molar-refractivity contribution >= 4 is 23.3 Å². The molecule has 2 N–H and O–H groups in total. The second kappa shape index (κ2) is 5.75. The number of aromatic nitrogens is 2. The largest absolute Gasteiger partial charge is 0.465 e. The van der Waals surface area contributed by atoms with E-state index in [0.29, 0.717) is 10.6 Å². The molecule has 1 heterocycles. The summed E-state index contributed by atoms with van der Waals surface area (Å²) in [7, 11) is 1.33. The molecule has 0 radical (unpaired) electrons. The lowest BCUT2D eigenvalue weighted by Gasteiger charge is -2.14. The first-order chi connectivity index (χ1) is 9.11. The first-order valence-corrected chi connectivity index (χ1v) is 6.13. The highest BCUT2D eigenvalue weighted by atomic mass is 35.5. The Morgan fingerprint density at radius 1 is 1.47 bits per heavy atom. The third-order valence-electron chi connectivity index (χ3n) is 2.74. The van der Waals surface area contributed by atoms with Crippen molar-refractivity contribution in [2.75, 3.05) is 12.4 Å². The van der Waals surface area contributed by atoms with Crippen molar-refractivity contribution in [2.45, 2.75) is 13.0 Å². The van der Waals surface area contributed by atoms with Gasteiger partial charge >= 0.3 is 5.97 Å². The lowest BCUT2D eigenvalue weighted by atomic mass is 10.1. The van der Waals surface area contributed by atoms with E-state index in [2.05, 4.69) is 20.3 Å². The first-order valence-electron chi connectivity index (χ1n) is 5.75. The number of benzene rings is 1. The summed E-state index contributed by atoms with van der Waals surface area (Å²) >= 11 is 5.96. The highest BCUT2D eigenvalue weighted by molar-refractivity contribution is 6.33. The van der Waals surface area contributed by atoms with Gasteiger partial charge in [-0.05, 0) is 31.2 Å². The van der Waals surface area contributed by atoms with Gasteiger partial charge in [-0.25, -0.2) is 4.79 Å². The second-order valence-electron chi connectivity index (χ2n) is 4.06. The van der Waals surface area contributed by atoms with Crippen LogP contribution in [0.25, 0.3) is 0 Å². The Kier molecular flexibility index (Phi) is 4.06. The summed E-state index contributed by atoms with van der Waals surface area (Å²) in [6, 6.07) is 7.06. The van der Waals surface area contributed by atoms with Crippen molar-refractivity contribution in [1.29, 1.82) is 0 Å². The maximum atomic E-state index is 11.6. The SMILES string of the molecule is COC(=O)c1cc(NC(C)c2ccn[nH]2)ccc1Cl. The zero-order valence-electron chi connectivity index (χ0n) is 10.6. The number of esters is 1. The number of methoxy groups -OCH3 is 1. The van der Waals surface area contributed by atoms with Gasteiger partial charge in [0.1, 0.15) is 0 Å². The molecule has 0 aliphatic carbocycles. The molecule has 0 fully saturated rings. The number of carbonyl (C=O) groups is 1. The molecule has 2 aromatic rings. The summed E-state index contributed by atoms with van der Waals surface area (Å²) in [5.74, 6) is -0.456. The van der Waals surface area contributed by atoms with Gasteiger partial charge in [-0.2, -0.15) is 5.10 Å². The Labute approximate surface area is 115 Å². The predicted molar refractivity (Wildman–Crippen MR) is 73.4 cm³/mol. The molecule has 1 atom stereocenters. The van der Waals surface area contributed by atoms with Gasteiger partial charge in [0.15, 0.2) is 0 Å². The van der Waals surface area contributed by atoms with Crippen LogP contribution in [0, 0.1) is 0 Å². The molecule has 0 saturated carbocycles. The Bertz CT molecular complexity index is 569. The molecular formula is C13H14ClN3O2. The number of nitrogens with zero attached hydrogens (tertiary/aromatic N) is 1. The topological polar surface area (TPSA) is 67.0 Å². The average Bonchev–Trinajstić information content (AvgIpc) is 2.94. The molecule has 6 heteroatoms. The number of carbonyl (C=O) groups excluding carboxylic acids is 1. The standard InChI is InChI=1S/C13H14ClN3O2/c1-8(12-5-6-15-17-12)16-9-3-4-11(14)10(7-9)13(18)19-2/h3-8,16H,1-2H3,(H,15,17). The van der Waals surface area contributed by atoms with Gasteiger partial charge in [0.05, 0.1) is 29.4 Å². The summed E-state index contributed by atoms with van der Waals surface area (Å²) in [4.78, 5) is 11.6. The van der Waals surface area contributed by atoms with Crippen LogP contribution in [0.2, 0.25) is 5.02 Å². The highest BCUT2D eigenvalue weighted by Crippen LogP contribution is 2.24. The van der Waals surface area contributed by atoms with Gasteiger partial charge < -0.3 is 10.1 Å². The number of aromatic amines is 1. The van der Waals surface area contributed by atoms with Gasteiger partial charge in [-0.1, -0.05) is 11.6 Å². The number of H-pyrrole nitrogens is 1. The van der Waals surface area contributed by atoms with E-state index in [-0.39, 0.29) is 6.04 Å². The van der Waals surface area contributed by atoms with Gasteiger partial charge in [0.25, 0.3) is 0 Å². The van der Waals surface area contributed by atoms with E-state index in [0.717, 1.165) is 11.4 Å². The fourth-order valence-electron chi connectivity index (χ4n) is 1.72. The van der Waals surface area contributed by atoms with Crippen LogP contribution in [0.5, 0.6) is 0 Å². The molecule has 0 saturated heterocycles. The normalized spacial score (nSPS) is 11.9. The van der Waals surface area contributed by atoms with E-state index < -0.39 is 5.97 Å². The Hall–Kier alpha value is -2.01. The Morgan fingerprint density at radius 2 is 2.26 bits per heavy atom. The molecule has 0 amide bonds. The molecule has 0 bridgehead atoms. The molecule has 100 valence electrons. The molecule has 1 unspecified atom stereocenters. The third kappa shape index (κ3) is 3.06. The summed E-state index contributed by atoms with van der Waals surface area (Å²) in [5.41, 5.74) is 2.08. The minimum absolute atomic E-state index is 0.0363. The maximum absolute atomic E-state index is 11.6. The smallest absolute Gasteiger partial charge is 0.339 e. The van der Waals surface area contributed by atoms with Crippen molar-refractivity contribution in [2.24, 2.45) is 0 Å². The van der Waals surface area contributed by atoms with Gasteiger partial charge in [-0.15, -0.1) is 0 Å².